The van der Waals surface area contributed by atoms with Crippen LogP contribution in [0.3, 0.4) is 0 Å². The van der Waals surface area contributed by atoms with Crippen molar-refractivity contribution in [2.75, 3.05) is 19.6 Å². The van der Waals surface area contributed by atoms with Gasteiger partial charge in [0.2, 0.25) is 10.0 Å². The number of benzene rings is 1. The molecule has 0 aromatic heterocycles. The van der Waals surface area contributed by atoms with Crippen molar-refractivity contribution in [2.24, 2.45) is 0 Å². The first kappa shape index (κ1) is 16.3. The van der Waals surface area contributed by atoms with Gasteiger partial charge in [0.15, 0.2) is 5.75 Å². The number of nitro benzene ring substituents is 1. The lowest BCUT2D eigenvalue weighted by atomic mass is 10.3. The van der Waals surface area contributed by atoms with Crippen LogP contribution in [-0.4, -0.2) is 38.1 Å². The molecule has 0 radical (unpaired) electrons. The number of aromatic hydroxyl groups is 1. The second-order valence-electron chi connectivity index (χ2n) is 4.06. The Hall–Kier alpha value is -1.71. The number of nitrogens with zero attached hydrogens (tertiary/aromatic N) is 1. The fraction of sp³-hybridized carbons (Fsp3) is 0.455. The van der Waals surface area contributed by atoms with E-state index in [4.69, 9.17) is 0 Å². The van der Waals surface area contributed by atoms with Crippen molar-refractivity contribution in [3.63, 3.8) is 0 Å². The van der Waals surface area contributed by atoms with Crippen LogP contribution >= 0.6 is 0 Å². The van der Waals surface area contributed by atoms with E-state index in [1.165, 1.54) is 0 Å². The maximum absolute atomic E-state index is 11.9. The van der Waals surface area contributed by atoms with Crippen LogP contribution in [0.15, 0.2) is 23.1 Å². The Morgan fingerprint density at radius 3 is 2.60 bits per heavy atom. The third-order valence-corrected chi connectivity index (χ3v) is 3.93. The van der Waals surface area contributed by atoms with Crippen molar-refractivity contribution in [2.45, 2.75) is 18.2 Å². The summed E-state index contributed by atoms with van der Waals surface area (Å²) < 4.78 is 26.1. The molecule has 8 nitrogen and oxygen atoms in total. The fourth-order valence-corrected chi connectivity index (χ4v) is 2.53. The third-order valence-electron chi connectivity index (χ3n) is 2.47. The number of nitrogens with one attached hydrogen (secondary N) is 2. The van der Waals surface area contributed by atoms with Gasteiger partial charge < -0.3 is 10.4 Å². The number of phenols is 1. The highest BCUT2D eigenvalue weighted by Gasteiger charge is 2.20. The largest absolute Gasteiger partial charge is 0.502 e. The molecule has 1 aromatic rings. The van der Waals surface area contributed by atoms with Gasteiger partial charge in [0.1, 0.15) is 0 Å². The molecule has 0 bridgehead atoms. The van der Waals surface area contributed by atoms with Crippen LogP contribution in [0.25, 0.3) is 0 Å². The first-order valence-electron chi connectivity index (χ1n) is 6.06. The normalized spacial score (nSPS) is 11.4. The van der Waals surface area contributed by atoms with Crippen molar-refractivity contribution in [1.82, 2.24) is 10.0 Å². The fourth-order valence-electron chi connectivity index (χ4n) is 1.48. The van der Waals surface area contributed by atoms with Crippen LogP contribution in [0.4, 0.5) is 5.69 Å². The highest BCUT2D eigenvalue weighted by Crippen LogP contribution is 2.27. The second kappa shape index (κ2) is 7.17. The smallest absolute Gasteiger partial charge is 0.312 e. The SMILES string of the molecule is CCCNCCNS(=O)(=O)c1ccc(O)c([N+](=O)[O-])c1. The summed E-state index contributed by atoms with van der Waals surface area (Å²) in [5, 5.41) is 23.0. The van der Waals surface area contributed by atoms with Gasteiger partial charge in [-0.2, -0.15) is 0 Å². The molecule has 0 saturated heterocycles. The van der Waals surface area contributed by atoms with Crippen molar-refractivity contribution >= 4 is 15.7 Å². The lowest BCUT2D eigenvalue weighted by molar-refractivity contribution is -0.386. The van der Waals surface area contributed by atoms with Crippen LogP contribution < -0.4 is 10.0 Å². The van der Waals surface area contributed by atoms with E-state index in [0.29, 0.717) is 6.54 Å². The predicted octanol–water partition coefficient (Wildman–Crippen LogP) is 0.578. The monoisotopic (exact) mass is 303 g/mol. The Kier molecular flexibility index (Phi) is 5.86. The molecule has 0 atom stereocenters. The van der Waals surface area contributed by atoms with Gasteiger partial charge in [-0.1, -0.05) is 6.92 Å². The lowest BCUT2D eigenvalue weighted by Crippen LogP contribution is -2.32. The summed E-state index contributed by atoms with van der Waals surface area (Å²) in [5.74, 6) is -0.571. The zero-order chi connectivity index (χ0) is 15.2. The van der Waals surface area contributed by atoms with E-state index < -0.39 is 26.4 Å². The summed E-state index contributed by atoms with van der Waals surface area (Å²) in [6, 6.07) is 2.93. The van der Waals surface area contributed by atoms with Gasteiger partial charge in [0.05, 0.1) is 9.82 Å². The number of hydrogen-bond donors (Lipinski definition) is 3. The minimum Gasteiger partial charge on any atom is -0.502 e. The van der Waals surface area contributed by atoms with Crippen molar-refractivity contribution in [3.05, 3.63) is 28.3 Å². The molecule has 9 heteroatoms. The zero-order valence-electron chi connectivity index (χ0n) is 11.0. The first-order valence-corrected chi connectivity index (χ1v) is 7.54. The zero-order valence-corrected chi connectivity index (χ0v) is 11.8. The van der Waals surface area contributed by atoms with E-state index in [1.54, 1.807) is 0 Å². The Balaban J connectivity index is 2.77. The Morgan fingerprint density at radius 2 is 2.00 bits per heavy atom. The molecule has 0 fully saturated rings. The summed E-state index contributed by atoms with van der Waals surface area (Å²) in [5.41, 5.74) is -0.642. The average Bonchev–Trinajstić information content (AvgIpc) is 2.38. The standard InChI is InChI=1S/C11H17N3O5S/c1-2-5-12-6-7-13-20(18,19)9-3-4-11(15)10(8-9)14(16)17/h3-4,8,12-13,15H,2,5-7H2,1H3. The predicted molar refractivity (Wildman–Crippen MR) is 73.1 cm³/mol. The third kappa shape index (κ3) is 4.44. The summed E-state index contributed by atoms with van der Waals surface area (Å²) in [6.07, 6.45) is 0.941. The van der Waals surface area contributed by atoms with Crippen LogP contribution in [0, 0.1) is 10.1 Å². The lowest BCUT2D eigenvalue weighted by Gasteiger charge is -2.07. The number of nitro groups is 1. The maximum atomic E-state index is 11.9. The Bertz CT molecular complexity index is 573. The van der Waals surface area contributed by atoms with E-state index in [1.807, 2.05) is 6.92 Å². The van der Waals surface area contributed by atoms with Gasteiger partial charge in [-0.15, -0.1) is 0 Å². The minimum absolute atomic E-state index is 0.178. The Morgan fingerprint density at radius 1 is 1.30 bits per heavy atom. The molecule has 0 unspecified atom stereocenters. The molecule has 1 rings (SSSR count). The molecular formula is C11H17N3O5S. The number of hydrogen-bond acceptors (Lipinski definition) is 6. The van der Waals surface area contributed by atoms with E-state index in [0.717, 1.165) is 31.2 Å². The molecule has 0 spiro atoms. The first-order chi connectivity index (χ1) is 9.38. The molecule has 112 valence electrons. The average molecular weight is 303 g/mol. The quantitative estimate of drug-likeness (QED) is 0.367. The van der Waals surface area contributed by atoms with Gasteiger partial charge in [-0.05, 0) is 25.1 Å². The van der Waals surface area contributed by atoms with Crippen molar-refractivity contribution in [1.29, 1.82) is 0 Å². The van der Waals surface area contributed by atoms with E-state index in [-0.39, 0.29) is 11.4 Å². The molecule has 0 aliphatic carbocycles. The summed E-state index contributed by atoms with van der Waals surface area (Å²) in [4.78, 5) is 9.57. The molecule has 20 heavy (non-hydrogen) atoms. The molecule has 0 aliphatic rings. The topological polar surface area (TPSA) is 122 Å². The van der Waals surface area contributed by atoms with Crippen LogP contribution in [0.2, 0.25) is 0 Å². The van der Waals surface area contributed by atoms with E-state index in [2.05, 4.69) is 10.0 Å². The van der Waals surface area contributed by atoms with Crippen LogP contribution in [0.5, 0.6) is 5.75 Å². The highest BCUT2D eigenvalue weighted by atomic mass is 32.2. The van der Waals surface area contributed by atoms with Crippen LogP contribution in [0.1, 0.15) is 13.3 Å². The number of rotatable bonds is 8. The van der Waals surface area contributed by atoms with Crippen molar-refractivity contribution in [3.8, 4) is 5.75 Å². The molecule has 0 heterocycles. The number of phenolic OH excluding ortho intramolecular Hbond substituents is 1. The molecule has 0 amide bonds. The minimum atomic E-state index is -3.83. The maximum Gasteiger partial charge on any atom is 0.312 e. The molecule has 1 aromatic carbocycles. The van der Waals surface area contributed by atoms with Crippen LogP contribution in [-0.2, 0) is 10.0 Å². The number of sulfonamides is 1. The van der Waals surface area contributed by atoms with Gasteiger partial charge in [-0.3, -0.25) is 10.1 Å². The van der Waals surface area contributed by atoms with Gasteiger partial charge in [0, 0.05) is 19.2 Å². The van der Waals surface area contributed by atoms with Gasteiger partial charge in [-0.25, -0.2) is 13.1 Å². The van der Waals surface area contributed by atoms with Crippen molar-refractivity contribution < 1.29 is 18.4 Å². The van der Waals surface area contributed by atoms with E-state index >= 15 is 0 Å². The molecule has 0 aliphatic heterocycles. The molecule has 3 N–H and O–H groups in total. The summed E-state index contributed by atoms with van der Waals surface area (Å²) in [7, 11) is -3.83. The van der Waals surface area contributed by atoms with Gasteiger partial charge >= 0.3 is 5.69 Å². The molecular weight excluding hydrogens is 286 g/mol. The highest BCUT2D eigenvalue weighted by molar-refractivity contribution is 7.89. The molecule has 0 saturated carbocycles. The summed E-state index contributed by atoms with van der Waals surface area (Å²) in [6.45, 7) is 3.42. The van der Waals surface area contributed by atoms with Gasteiger partial charge in [0.25, 0.3) is 0 Å². The van der Waals surface area contributed by atoms with E-state index in [9.17, 15) is 23.6 Å². The second-order valence-corrected chi connectivity index (χ2v) is 5.82. The summed E-state index contributed by atoms with van der Waals surface area (Å²) >= 11 is 0. The Labute approximate surface area is 117 Å².